The highest BCUT2D eigenvalue weighted by Crippen LogP contribution is 2.23. The Morgan fingerprint density at radius 3 is 2.76 bits per heavy atom. The Bertz CT molecular complexity index is 723. The number of rotatable bonds is 4. The van der Waals surface area contributed by atoms with Gasteiger partial charge in [-0.3, -0.25) is 0 Å². The second-order valence-corrected chi connectivity index (χ2v) is 7.85. The highest BCUT2D eigenvalue weighted by Gasteiger charge is 2.28. The third kappa shape index (κ3) is 3.44. The van der Waals surface area contributed by atoms with Crippen molar-refractivity contribution in [2.45, 2.75) is 19.9 Å². The Hall–Kier alpha value is -1.82. The smallest absolute Gasteiger partial charge is 0.207 e. The lowest BCUT2D eigenvalue weighted by atomic mass is 10.1. The fourth-order valence-electron chi connectivity index (χ4n) is 2.73. The number of imidazole rings is 1. The molecule has 3 rings (SSSR count). The maximum Gasteiger partial charge on any atom is 0.207 e. The number of aryl methyl sites for hydroxylation is 1. The minimum absolute atomic E-state index is 0.180. The first-order valence-corrected chi connectivity index (χ1v) is 8.90. The maximum atomic E-state index is 11.6. The second-order valence-electron chi connectivity index (χ2n) is 5.62. The van der Waals surface area contributed by atoms with E-state index in [9.17, 15) is 8.42 Å². The molecule has 0 bridgehead atoms. The zero-order chi connectivity index (χ0) is 14.9. The molecule has 2 aromatic rings. The molecule has 1 atom stereocenters. The topological polar surface area (TPSA) is 64.0 Å². The molecule has 1 aliphatic heterocycles. The van der Waals surface area contributed by atoms with Gasteiger partial charge in [0.2, 0.25) is 5.95 Å². The lowest BCUT2D eigenvalue weighted by molar-refractivity contribution is 0.494. The number of hydrogen-bond donors (Lipinski definition) is 1. The van der Waals surface area contributed by atoms with E-state index in [1.54, 1.807) is 0 Å². The van der Waals surface area contributed by atoms with Gasteiger partial charge in [0, 0.05) is 18.4 Å². The van der Waals surface area contributed by atoms with Crippen LogP contribution >= 0.6 is 0 Å². The van der Waals surface area contributed by atoms with Gasteiger partial charge in [0.05, 0.1) is 17.2 Å². The highest BCUT2D eigenvalue weighted by molar-refractivity contribution is 7.91. The zero-order valence-corrected chi connectivity index (χ0v) is 12.8. The van der Waals surface area contributed by atoms with Gasteiger partial charge in [-0.25, -0.2) is 13.4 Å². The predicted molar refractivity (Wildman–Crippen MR) is 83.4 cm³/mol. The van der Waals surface area contributed by atoms with E-state index in [4.69, 9.17) is 0 Å². The number of nitrogens with one attached hydrogen (secondary N) is 1. The minimum Gasteiger partial charge on any atom is -0.326 e. The molecule has 112 valence electrons. The van der Waals surface area contributed by atoms with E-state index in [1.165, 1.54) is 0 Å². The van der Waals surface area contributed by atoms with E-state index >= 15 is 0 Å². The normalized spacial score (nSPS) is 20.5. The van der Waals surface area contributed by atoms with Crippen molar-refractivity contribution < 1.29 is 8.42 Å². The number of nitrogens with zero attached hydrogens (tertiary/aromatic N) is 2. The molecule has 5 nitrogen and oxygen atoms in total. The summed E-state index contributed by atoms with van der Waals surface area (Å²) < 4.78 is 25.2. The quantitative estimate of drug-likeness (QED) is 0.942. The summed E-state index contributed by atoms with van der Waals surface area (Å²) in [6.07, 6.45) is 2.71. The lowest BCUT2D eigenvalue weighted by Crippen LogP contribution is -2.13. The van der Waals surface area contributed by atoms with Crippen LogP contribution < -0.4 is 5.32 Å². The fraction of sp³-hybridized carbons (Fsp3) is 0.400. The van der Waals surface area contributed by atoms with E-state index in [-0.39, 0.29) is 11.7 Å². The van der Waals surface area contributed by atoms with E-state index in [2.05, 4.69) is 10.3 Å². The summed E-state index contributed by atoms with van der Waals surface area (Å²) >= 11 is 0. The van der Waals surface area contributed by atoms with Gasteiger partial charge in [-0.2, -0.15) is 0 Å². The van der Waals surface area contributed by atoms with Crippen molar-refractivity contribution in [1.29, 1.82) is 0 Å². The summed E-state index contributed by atoms with van der Waals surface area (Å²) in [7, 11) is -2.83. The predicted octanol–water partition coefficient (Wildman–Crippen LogP) is 2.37. The van der Waals surface area contributed by atoms with Crippen molar-refractivity contribution in [3.05, 3.63) is 42.2 Å². The molecule has 21 heavy (non-hydrogen) atoms. The van der Waals surface area contributed by atoms with Gasteiger partial charge in [0.15, 0.2) is 9.84 Å². The number of anilines is 2. The van der Waals surface area contributed by atoms with E-state index in [0.717, 1.165) is 23.8 Å². The first-order chi connectivity index (χ1) is 10.0. The molecule has 0 aliphatic carbocycles. The third-order valence-corrected chi connectivity index (χ3v) is 5.55. The van der Waals surface area contributed by atoms with Crippen LogP contribution in [0.5, 0.6) is 0 Å². The van der Waals surface area contributed by atoms with Crippen molar-refractivity contribution in [3.63, 3.8) is 0 Å². The molecule has 0 radical (unpaired) electrons. The number of para-hydroxylation sites is 1. The molecule has 0 spiro atoms. The molecule has 1 aromatic carbocycles. The van der Waals surface area contributed by atoms with Crippen molar-refractivity contribution in [3.8, 4) is 0 Å². The van der Waals surface area contributed by atoms with Crippen LogP contribution in [-0.2, 0) is 16.4 Å². The molecular weight excluding hydrogens is 286 g/mol. The van der Waals surface area contributed by atoms with E-state index in [0.29, 0.717) is 12.3 Å². The summed E-state index contributed by atoms with van der Waals surface area (Å²) in [5, 5.41) is 3.29. The molecular formula is C15H19N3O2S. The Balaban J connectivity index is 1.77. The maximum absolute atomic E-state index is 11.6. The molecule has 1 unspecified atom stereocenters. The van der Waals surface area contributed by atoms with Gasteiger partial charge in [0.25, 0.3) is 0 Å². The fourth-order valence-corrected chi connectivity index (χ4v) is 4.58. The average Bonchev–Trinajstić information content (AvgIpc) is 2.94. The van der Waals surface area contributed by atoms with Crippen LogP contribution in [0.1, 0.15) is 12.1 Å². The van der Waals surface area contributed by atoms with Gasteiger partial charge in [-0.1, -0.05) is 18.2 Å². The van der Waals surface area contributed by atoms with Crippen LogP contribution in [0, 0.1) is 12.8 Å². The SMILES string of the molecule is Cc1cn(CC2CCS(=O)(=O)C2)c(Nc2ccccc2)n1. The lowest BCUT2D eigenvalue weighted by Gasteiger charge is -2.13. The van der Waals surface area contributed by atoms with Crippen LogP contribution in [0.25, 0.3) is 0 Å². The number of benzene rings is 1. The average molecular weight is 305 g/mol. The number of hydrogen-bond acceptors (Lipinski definition) is 4. The standard InChI is InChI=1S/C15H19N3O2S/c1-12-9-18(10-13-7-8-21(19,20)11-13)15(16-12)17-14-5-3-2-4-6-14/h2-6,9,13H,7-8,10-11H2,1H3,(H,16,17). The molecule has 0 saturated carbocycles. The molecule has 1 saturated heterocycles. The molecule has 1 aromatic heterocycles. The van der Waals surface area contributed by atoms with Crippen molar-refractivity contribution >= 4 is 21.5 Å². The van der Waals surface area contributed by atoms with Gasteiger partial charge in [0.1, 0.15) is 0 Å². The van der Waals surface area contributed by atoms with E-state index < -0.39 is 9.84 Å². The number of aromatic nitrogens is 2. The Labute approximate surface area is 124 Å². The van der Waals surface area contributed by atoms with Gasteiger partial charge < -0.3 is 9.88 Å². The minimum atomic E-state index is -2.83. The van der Waals surface area contributed by atoms with Crippen molar-refractivity contribution in [1.82, 2.24) is 9.55 Å². The molecule has 1 aliphatic rings. The molecule has 6 heteroatoms. The summed E-state index contributed by atoms with van der Waals surface area (Å²) in [5.41, 5.74) is 1.90. The Morgan fingerprint density at radius 2 is 2.10 bits per heavy atom. The zero-order valence-electron chi connectivity index (χ0n) is 12.0. The van der Waals surface area contributed by atoms with Crippen LogP contribution in [0.3, 0.4) is 0 Å². The van der Waals surface area contributed by atoms with Gasteiger partial charge in [-0.15, -0.1) is 0 Å². The summed E-state index contributed by atoms with van der Waals surface area (Å²) in [6, 6.07) is 9.85. The second kappa shape index (κ2) is 5.52. The largest absolute Gasteiger partial charge is 0.326 e. The van der Waals surface area contributed by atoms with Crippen LogP contribution in [0.2, 0.25) is 0 Å². The molecule has 1 fully saturated rings. The van der Waals surface area contributed by atoms with Gasteiger partial charge >= 0.3 is 0 Å². The van der Waals surface area contributed by atoms with Crippen LogP contribution in [0.4, 0.5) is 11.6 Å². The summed E-state index contributed by atoms with van der Waals surface area (Å²) in [4.78, 5) is 4.49. The third-order valence-electron chi connectivity index (χ3n) is 3.71. The van der Waals surface area contributed by atoms with Crippen molar-refractivity contribution in [2.75, 3.05) is 16.8 Å². The molecule has 2 heterocycles. The monoisotopic (exact) mass is 305 g/mol. The first kappa shape index (κ1) is 14.1. The molecule has 0 amide bonds. The van der Waals surface area contributed by atoms with Gasteiger partial charge in [-0.05, 0) is 31.4 Å². The Morgan fingerprint density at radius 1 is 1.33 bits per heavy atom. The summed E-state index contributed by atoms with van der Waals surface area (Å²) in [5.74, 6) is 1.55. The number of sulfone groups is 1. The summed E-state index contributed by atoms with van der Waals surface area (Å²) in [6.45, 7) is 2.63. The van der Waals surface area contributed by atoms with Crippen LogP contribution in [0.15, 0.2) is 36.5 Å². The van der Waals surface area contributed by atoms with Crippen LogP contribution in [-0.4, -0.2) is 29.5 Å². The van der Waals surface area contributed by atoms with E-state index in [1.807, 2.05) is 48.0 Å². The Kier molecular flexibility index (Phi) is 3.71. The first-order valence-electron chi connectivity index (χ1n) is 7.08. The highest BCUT2D eigenvalue weighted by atomic mass is 32.2. The van der Waals surface area contributed by atoms with Crippen molar-refractivity contribution in [2.24, 2.45) is 5.92 Å². The molecule has 1 N–H and O–H groups in total.